The van der Waals surface area contributed by atoms with E-state index in [-0.39, 0.29) is 30.5 Å². The average molecular weight is 363 g/mol. The molecule has 2 fully saturated rings. The molecule has 0 radical (unpaired) electrons. The molecule has 5 atom stereocenters. The molecule has 25 heavy (non-hydrogen) atoms. The van der Waals surface area contributed by atoms with Crippen LogP contribution in [0.3, 0.4) is 0 Å². The molecule has 0 saturated carbocycles. The van der Waals surface area contributed by atoms with Crippen molar-refractivity contribution < 1.29 is 24.1 Å². The zero-order chi connectivity index (χ0) is 19.5. The Morgan fingerprint density at radius 1 is 1.20 bits per heavy atom. The van der Waals surface area contributed by atoms with Gasteiger partial charge in [0.1, 0.15) is 6.10 Å². The highest BCUT2D eigenvalue weighted by Gasteiger charge is 2.38. The number of ether oxygens (including phenoxy) is 4. The van der Waals surface area contributed by atoms with E-state index < -0.39 is 5.79 Å². The summed E-state index contributed by atoms with van der Waals surface area (Å²) >= 11 is 0. The summed E-state index contributed by atoms with van der Waals surface area (Å²) in [4.78, 5) is 0. The van der Waals surface area contributed by atoms with Crippen molar-refractivity contribution >= 4 is 0 Å². The molecule has 2 heterocycles. The Morgan fingerprint density at radius 2 is 1.84 bits per heavy atom. The van der Waals surface area contributed by atoms with E-state index in [9.17, 15) is 5.11 Å². The van der Waals surface area contributed by atoms with Gasteiger partial charge in [-0.1, -0.05) is 47.5 Å². The molecule has 2 aliphatic rings. The number of unbranched alkanes of at least 4 members (excludes halogenated alkanes) is 1. The van der Waals surface area contributed by atoms with E-state index >= 15 is 0 Å². The minimum atomic E-state index is -0.511. The van der Waals surface area contributed by atoms with Crippen LogP contribution in [-0.4, -0.2) is 54.6 Å². The highest BCUT2D eigenvalue weighted by molar-refractivity contribution is 4.85. The number of hydrogen-bond acceptors (Lipinski definition) is 5. The Labute approximate surface area is 155 Å². The van der Waals surface area contributed by atoms with Crippen LogP contribution in [0.25, 0.3) is 0 Å². The lowest BCUT2D eigenvalue weighted by Crippen LogP contribution is -2.31. The second-order valence-corrected chi connectivity index (χ2v) is 6.65. The number of aliphatic hydroxyl groups excluding tert-OH is 1. The second-order valence-electron chi connectivity index (χ2n) is 6.65. The van der Waals surface area contributed by atoms with Crippen LogP contribution in [0, 0.1) is 0 Å². The van der Waals surface area contributed by atoms with E-state index in [0.29, 0.717) is 19.6 Å². The zero-order valence-corrected chi connectivity index (χ0v) is 17.7. The van der Waals surface area contributed by atoms with E-state index in [2.05, 4.69) is 6.92 Å². The first-order valence-electron chi connectivity index (χ1n) is 10.2. The van der Waals surface area contributed by atoms with Gasteiger partial charge in [-0.15, -0.1) is 0 Å². The summed E-state index contributed by atoms with van der Waals surface area (Å²) in [5.74, 6) is -0.511. The minimum Gasteiger partial charge on any atom is -0.390 e. The number of hydrogen-bond donors (Lipinski definition) is 1. The van der Waals surface area contributed by atoms with Gasteiger partial charge >= 0.3 is 0 Å². The van der Waals surface area contributed by atoms with Gasteiger partial charge in [-0.3, -0.25) is 0 Å². The maximum absolute atomic E-state index is 10.1. The first-order valence-corrected chi connectivity index (χ1v) is 10.2. The molecule has 5 heteroatoms. The smallest absolute Gasteiger partial charge is 0.163 e. The molecule has 5 nitrogen and oxygen atoms in total. The molecule has 2 rings (SSSR count). The normalized spacial score (nSPS) is 31.6. The fraction of sp³-hybridized carbons (Fsp3) is 1.00. The third-order valence-corrected chi connectivity index (χ3v) is 4.23. The third kappa shape index (κ3) is 8.83. The monoisotopic (exact) mass is 362 g/mol. The number of rotatable bonds is 7. The Balaban J connectivity index is 0.00000134. The van der Waals surface area contributed by atoms with Crippen LogP contribution in [0.2, 0.25) is 0 Å². The van der Waals surface area contributed by atoms with Crippen LogP contribution < -0.4 is 0 Å². The van der Waals surface area contributed by atoms with Gasteiger partial charge in [0, 0.05) is 6.42 Å². The molecule has 0 aromatic carbocycles. The zero-order valence-electron chi connectivity index (χ0n) is 17.7. The van der Waals surface area contributed by atoms with Gasteiger partial charge in [0.25, 0.3) is 0 Å². The van der Waals surface area contributed by atoms with E-state index in [1.807, 2.05) is 48.5 Å². The van der Waals surface area contributed by atoms with Gasteiger partial charge in [-0.25, -0.2) is 0 Å². The summed E-state index contributed by atoms with van der Waals surface area (Å²) < 4.78 is 23.0. The Kier molecular flexibility index (Phi) is 12.9. The molecule has 0 amide bonds. The largest absolute Gasteiger partial charge is 0.390 e. The van der Waals surface area contributed by atoms with Crippen LogP contribution in [-0.2, 0) is 18.9 Å². The topological polar surface area (TPSA) is 57.2 Å². The maximum atomic E-state index is 10.1. The van der Waals surface area contributed by atoms with Crippen LogP contribution in [0.5, 0.6) is 0 Å². The van der Waals surface area contributed by atoms with Crippen LogP contribution >= 0.6 is 0 Å². The van der Waals surface area contributed by atoms with Crippen molar-refractivity contribution in [1.29, 1.82) is 0 Å². The Morgan fingerprint density at radius 3 is 2.36 bits per heavy atom. The predicted molar refractivity (Wildman–Crippen MR) is 102 cm³/mol. The average Bonchev–Trinajstić information content (AvgIpc) is 3.16. The van der Waals surface area contributed by atoms with E-state index in [1.54, 1.807) is 0 Å². The standard InChI is InChI=1S/C16H30O5.2C2H6/c1-5-6-7-14-13(17)8-15(20-14)11(2)18-9-12-10-19-16(3,4)21-12;2*1-2/h11-15,17H,5-10H2,1-4H3;2*1-2H3. The fourth-order valence-corrected chi connectivity index (χ4v) is 2.94. The summed E-state index contributed by atoms with van der Waals surface area (Å²) in [5, 5.41) is 10.1. The second kappa shape index (κ2) is 13.0. The lowest BCUT2D eigenvalue weighted by molar-refractivity contribution is -0.151. The van der Waals surface area contributed by atoms with Crippen molar-refractivity contribution in [3.8, 4) is 0 Å². The molecular weight excluding hydrogens is 320 g/mol. The molecular formula is C20H42O5. The van der Waals surface area contributed by atoms with Gasteiger partial charge in [-0.05, 0) is 27.2 Å². The highest BCUT2D eigenvalue weighted by atomic mass is 16.7. The summed E-state index contributed by atoms with van der Waals surface area (Å²) in [7, 11) is 0. The SMILES string of the molecule is CC.CC.CCCCC1OC(C(C)OCC2COC(C)(C)O2)CC1O. The van der Waals surface area contributed by atoms with Gasteiger partial charge in [0.2, 0.25) is 0 Å². The summed E-state index contributed by atoms with van der Waals surface area (Å²) in [6.45, 7) is 17.0. The van der Waals surface area contributed by atoms with Crippen LogP contribution in [0.1, 0.15) is 81.1 Å². The lowest BCUT2D eigenvalue weighted by Gasteiger charge is -2.22. The van der Waals surface area contributed by atoms with Crippen molar-refractivity contribution in [3.05, 3.63) is 0 Å². The van der Waals surface area contributed by atoms with Crippen molar-refractivity contribution in [1.82, 2.24) is 0 Å². The Hall–Kier alpha value is -0.200. The molecule has 5 unspecified atom stereocenters. The summed E-state index contributed by atoms with van der Waals surface area (Å²) in [6, 6.07) is 0. The minimum absolute atomic E-state index is 0.0235. The summed E-state index contributed by atoms with van der Waals surface area (Å²) in [5.41, 5.74) is 0. The number of aliphatic hydroxyl groups is 1. The third-order valence-electron chi connectivity index (χ3n) is 4.23. The van der Waals surface area contributed by atoms with Crippen molar-refractivity contribution in [2.75, 3.05) is 13.2 Å². The van der Waals surface area contributed by atoms with Gasteiger partial charge in [-0.2, -0.15) is 0 Å². The maximum Gasteiger partial charge on any atom is 0.163 e. The fourth-order valence-electron chi connectivity index (χ4n) is 2.94. The van der Waals surface area contributed by atoms with Gasteiger partial charge in [0.05, 0.1) is 37.6 Å². The van der Waals surface area contributed by atoms with E-state index in [1.165, 1.54) is 0 Å². The van der Waals surface area contributed by atoms with Gasteiger partial charge < -0.3 is 24.1 Å². The van der Waals surface area contributed by atoms with Crippen LogP contribution in [0.4, 0.5) is 0 Å². The van der Waals surface area contributed by atoms with E-state index in [4.69, 9.17) is 18.9 Å². The first kappa shape index (κ1) is 24.8. The molecule has 0 bridgehead atoms. The molecule has 152 valence electrons. The van der Waals surface area contributed by atoms with Crippen molar-refractivity contribution in [3.63, 3.8) is 0 Å². The van der Waals surface area contributed by atoms with E-state index in [0.717, 1.165) is 19.3 Å². The predicted octanol–water partition coefficient (Wildman–Crippen LogP) is 4.30. The molecule has 0 spiro atoms. The molecule has 2 saturated heterocycles. The quantitative estimate of drug-likeness (QED) is 0.731. The highest BCUT2D eigenvalue weighted by Crippen LogP contribution is 2.28. The van der Waals surface area contributed by atoms with Crippen molar-refractivity contribution in [2.45, 2.75) is 117 Å². The molecule has 0 aromatic heterocycles. The molecule has 0 aliphatic carbocycles. The van der Waals surface area contributed by atoms with Crippen LogP contribution in [0.15, 0.2) is 0 Å². The molecule has 0 aromatic rings. The Bertz CT molecular complexity index is 321. The molecule has 1 N–H and O–H groups in total. The lowest BCUT2D eigenvalue weighted by atomic mass is 10.0. The molecule has 2 aliphatic heterocycles. The van der Waals surface area contributed by atoms with Crippen molar-refractivity contribution in [2.24, 2.45) is 0 Å². The van der Waals surface area contributed by atoms with Gasteiger partial charge in [0.15, 0.2) is 5.79 Å². The summed E-state index contributed by atoms with van der Waals surface area (Å²) in [6.07, 6.45) is 3.30. The first-order chi connectivity index (χ1) is 11.9.